The van der Waals surface area contributed by atoms with E-state index in [1.807, 2.05) is 19.1 Å². The molecule has 1 spiro atoms. The molecule has 2 aromatic carbocycles. The van der Waals surface area contributed by atoms with Crippen molar-refractivity contribution in [3.63, 3.8) is 0 Å². The second-order valence-corrected chi connectivity index (χ2v) is 8.51. The number of carbonyl (C=O) groups is 2. The van der Waals surface area contributed by atoms with Crippen LogP contribution in [-0.2, 0) is 15.0 Å². The van der Waals surface area contributed by atoms with Crippen LogP contribution in [0.1, 0.15) is 38.2 Å². The minimum Gasteiger partial charge on any atom is -0.384 e. The fourth-order valence-corrected chi connectivity index (χ4v) is 5.48. The van der Waals surface area contributed by atoms with Crippen LogP contribution < -0.4 is 15.5 Å². The Hall–Kier alpha value is -3.92. The lowest BCUT2D eigenvalue weighted by atomic mass is 9.64. The van der Waals surface area contributed by atoms with Gasteiger partial charge in [0.15, 0.2) is 5.78 Å². The predicted molar refractivity (Wildman–Crippen MR) is 122 cm³/mol. The van der Waals surface area contributed by atoms with Gasteiger partial charge in [-0.15, -0.1) is 0 Å². The standard InChI is InChI=1S/C26H23FN4O2/c1-2-13-30-20-10-4-3-9-18(20)26(25(30)33)19(15-28)24(29)31(17-8-5-7-16(27)14-17)21-11-6-12-22(32)23(21)26/h3-5,7-10,14H,2,6,11-13,29H2,1H3/t26-/m0/s1. The third-order valence-corrected chi connectivity index (χ3v) is 6.69. The van der Waals surface area contributed by atoms with Crippen LogP contribution in [0.15, 0.2) is 71.2 Å². The van der Waals surface area contributed by atoms with E-state index in [-0.39, 0.29) is 29.5 Å². The summed E-state index contributed by atoms with van der Waals surface area (Å²) >= 11 is 0. The first-order valence-corrected chi connectivity index (χ1v) is 11.1. The number of carbonyl (C=O) groups excluding carboxylic acids is 2. The fraction of sp³-hybridized carbons (Fsp3) is 0.269. The maximum atomic E-state index is 14.2. The number of fused-ring (bicyclic) bond motifs is 3. The van der Waals surface area contributed by atoms with Gasteiger partial charge in [0.25, 0.3) is 0 Å². The van der Waals surface area contributed by atoms with Crippen molar-refractivity contribution in [2.24, 2.45) is 5.73 Å². The molecule has 2 heterocycles. The number of Topliss-reactive ketones (excluding diaryl/α,β-unsaturated/α-hetero) is 1. The molecule has 0 aromatic heterocycles. The molecule has 7 heteroatoms. The van der Waals surface area contributed by atoms with Gasteiger partial charge in [-0.1, -0.05) is 31.2 Å². The molecule has 33 heavy (non-hydrogen) atoms. The Morgan fingerprint density at radius 2 is 1.94 bits per heavy atom. The van der Waals surface area contributed by atoms with Gasteiger partial charge in [0.1, 0.15) is 23.1 Å². The first-order valence-electron chi connectivity index (χ1n) is 11.1. The van der Waals surface area contributed by atoms with Gasteiger partial charge in [0.2, 0.25) is 5.91 Å². The highest BCUT2D eigenvalue weighted by molar-refractivity contribution is 6.20. The number of nitrogens with zero attached hydrogens (tertiary/aromatic N) is 3. The van der Waals surface area contributed by atoms with Crippen LogP contribution in [0.3, 0.4) is 0 Å². The average Bonchev–Trinajstić information content (AvgIpc) is 3.04. The molecule has 166 valence electrons. The molecule has 0 saturated heterocycles. The first kappa shape index (κ1) is 21.0. The Kier molecular flexibility index (Phi) is 4.82. The number of benzene rings is 2. The average molecular weight is 442 g/mol. The number of halogens is 1. The van der Waals surface area contributed by atoms with Gasteiger partial charge < -0.3 is 10.6 Å². The number of hydrogen-bond donors (Lipinski definition) is 1. The molecule has 0 unspecified atom stereocenters. The number of anilines is 2. The summed E-state index contributed by atoms with van der Waals surface area (Å²) in [5.41, 5.74) is 7.60. The SMILES string of the molecule is CCCN1C(=O)[C@]2(C(C#N)=C(N)N(c3cccc(F)c3)C3=C2C(=O)CCC3)c2ccccc21. The third kappa shape index (κ3) is 2.70. The van der Waals surface area contributed by atoms with Crippen LogP contribution >= 0.6 is 0 Å². The Morgan fingerprint density at radius 1 is 1.15 bits per heavy atom. The van der Waals surface area contributed by atoms with Crippen LogP contribution in [0.5, 0.6) is 0 Å². The zero-order chi connectivity index (χ0) is 23.3. The summed E-state index contributed by atoms with van der Waals surface area (Å²) in [6.45, 7) is 2.43. The van der Waals surface area contributed by atoms with Crippen molar-refractivity contribution in [1.29, 1.82) is 5.26 Å². The van der Waals surface area contributed by atoms with Crippen molar-refractivity contribution in [2.75, 3.05) is 16.3 Å². The van der Waals surface area contributed by atoms with Crippen molar-refractivity contribution in [3.05, 3.63) is 82.6 Å². The molecular weight excluding hydrogens is 419 g/mol. The van der Waals surface area contributed by atoms with Gasteiger partial charge in [-0.25, -0.2) is 4.39 Å². The quantitative estimate of drug-likeness (QED) is 0.775. The van der Waals surface area contributed by atoms with Crippen molar-refractivity contribution in [2.45, 2.75) is 38.0 Å². The fourth-order valence-electron chi connectivity index (χ4n) is 5.48. The molecule has 6 nitrogen and oxygen atoms in total. The molecule has 1 atom stereocenters. The summed E-state index contributed by atoms with van der Waals surface area (Å²) < 4.78 is 14.1. The minimum absolute atomic E-state index is 0.0109. The monoisotopic (exact) mass is 442 g/mol. The van der Waals surface area contributed by atoms with E-state index in [1.54, 1.807) is 34.1 Å². The predicted octanol–water partition coefficient (Wildman–Crippen LogP) is 4.04. The highest BCUT2D eigenvalue weighted by atomic mass is 19.1. The lowest BCUT2D eigenvalue weighted by molar-refractivity contribution is -0.124. The van der Waals surface area contributed by atoms with Gasteiger partial charge >= 0.3 is 0 Å². The summed E-state index contributed by atoms with van der Waals surface area (Å²) in [5.74, 6) is -0.913. The number of allylic oxidation sites excluding steroid dienone is 1. The highest BCUT2D eigenvalue weighted by Gasteiger charge is 2.62. The van der Waals surface area contributed by atoms with Crippen LogP contribution in [0.25, 0.3) is 0 Å². The molecule has 0 saturated carbocycles. The maximum Gasteiger partial charge on any atom is 0.247 e. The summed E-state index contributed by atoms with van der Waals surface area (Å²) in [7, 11) is 0. The van der Waals surface area contributed by atoms with Crippen molar-refractivity contribution in [3.8, 4) is 6.07 Å². The van der Waals surface area contributed by atoms with Gasteiger partial charge in [0, 0.05) is 35.5 Å². The van der Waals surface area contributed by atoms with Crippen LogP contribution in [0, 0.1) is 17.1 Å². The van der Waals surface area contributed by atoms with E-state index >= 15 is 0 Å². The largest absolute Gasteiger partial charge is 0.384 e. The summed E-state index contributed by atoms with van der Waals surface area (Å²) in [6, 6.07) is 15.3. The van der Waals surface area contributed by atoms with Crippen molar-refractivity contribution < 1.29 is 14.0 Å². The molecule has 0 bridgehead atoms. The van der Waals surface area contributed by atoms with Crippen molar-refractivity contribution >= 4 is 23.1 Å². The molecule has 2 N–H and O–H groups in total. The number of rotatable bonds is 3. The summed E-state index contributed by atoms with van der Waals surface area (Å²) in [4.78, 5) is 30.9. The molecule has 1 aliphatic carbocycles. The molecule has 2 aromatic rings. The third-order valence-electron chi connectivity index (χ3n) is 6.69. The Bertz CT molecular complexity index is 1310. The van der Waals surface area contributed by atoms with E-state index in [0.717, 1.165) is 0 Å². The maximum absolute atomic E-state index is 14.2. The van der Waals surface area contributed by atoms with E-state index in [1.165, 1.54) is 12.1 Å². The van der Waals surface area contributed by atoms with Crippen LogP contribution in [0.2, 0.25) is 0 Å². The number of ketones is 1. The second-order valence-electron chi connectivity index (χ2n) is 8.51. The number of nitrogens with two attached hydrogens (primary N) is 1. The van der Waals surface area contributed by atoms with Gasteiger partial charge in [-0.2, -0.15) is 5.26 Å². The van der Waals surface area contributed by atoms with Gasteiger partial charge in [0.05, 0.1) is 11.3 Å². The Labute approximate surface area is 191 Å². The molecule has 2 aliphatic heterocycles. The lowest BCUT2D eigenvalue weighted by Crippen LogP contribution is -2.52. The number of hydrogen-bond acceptors (Lipinski definition) is 5. The second kappa shape index (κ2) is 7.59. The van der Waals surface area contributed by atoms with E-state index < -0.39 is 11.2 Å². The minimum atomic E-state index is -1.58. The van der Waals surface area contributed by atoms with E-state index in [2.05, 4.69) is 6.07 Å². The number of nitriles is 1. The number of para-hydroxylation sites is 1. The Morgan fingerprint density at radius 3 is 2.67 bits per heavy atom. The smallest absolute Gasteiger partial charge is 0.247 e. The van der Waals surface area contributed by atoms with Crippen LogP contribution in [-0.4, -0.2) is 18.2 Å². The topological polar surface area (TPSA) is 90.4 Å². The van der Waals surface area contributed by atoms with Gasteiger partial charge in [-0.3, -0.25) is 14.5 Å². The van der Waals surface area contributed by atoms with E-state index in [0.29, 0.717) is 54.0 Å². The molecule has 0 radical (unpaired) electrons. The first-order chi connectivity index (χ1) is 16.0. The zero-order valence-electron chi connectivity index (χ0n) is 18.3. The molecule has 1 amide bonds. The van der Waals surface area contributed by atoms with Crippen molar-refractivity contribution in [1.82, 2.24) is 0 Å². The zero-order valence-corrected chi connectivity index (χ0v) is 18.3. The normalized spacial score (nSPS) is 22.1. The number of amides is 1. The molecule has 5 rings (SSSR count). The Balaban J connectivity index is 1.88. The van der Waals surface area contributed by atoms with Crippen LogP contribution in [0.4, 0.5) is 15.8 Å². The summed E-state index contributed by atoms with van der Waals surface area (Å²) in [6.07, 6.45) is 2.07. The molecule has 3 aliphatic rings. The lowest BCUT2D eigenvalue weighted by Gasteiger charge is -2.43. The van der Waals surface area contributed by atoms with E-state index in [9.17, 15) is 19.2 Å². The van der Waals surface area contributed by atoms with E-state index in [4.69, 9.17) is 5.73 Å². The molecular formula is C26H23FN4O2. The highest BCUT2D eigenvalue weighted by Crippen LogP contribution is 2.56. The van der Waals surface area contributed by atoms with Gasteiger partial charge in [-0.05, 0) is 43.5 Å². The molecule has 0 fully saturated rings. The summed E-state index contributed by atoms with van der Waals surface area (Å²) in [5, 5.41) is 10.3.